The van der Waals surface area contributed by atoms with Gasteiger partial charge in [-0.1, -0.05) is 0 Å². The number of nitrogens with zero attached hydrogens (tertiary/aromatic N) is 2. The third kappa shape index (κ3) is 2.35. The second-order valence-electron chi connectivity index (χ2n) is 4.08. The Morgan fingerprint density at radius 2 is 2.20 bits per heavy atom. The van der Waals surface area contributed by atoms with Gasteiger partial charge in [0.15, 0.2) is 0 Å². The van der Waals surface area contributed by atoms with Gasteiger partial charge in [-0.3, -0.25) is 9.78 Å². The maximum atomic E-state index is 11.3. The van der Waals surface area contributed by atoms with E-state index in [1.165, 1.54) is 12.0 Å². The molecule has 3 heteroatoms. The molecule has 15 heavy (non-hydrogen) atoms. The van der Waals surface area contributed by atoms with Gasteiger partial charge in [0.1, 0.15) is 0 Å². The predicted molar refractivity (Wildman–Crippen MR) is 58.5 cm³/mol. The average Bonchev–Trinajstić information content (AvgIpc) is 2.30. The average molecular weight is 204 g/mol. The van der Waals surface area contributed by atoms with Crippen molar-refractivity contribution in [2.24, 2.45) is 0 Å². The molecule has 2 rings (SSSR count). The molecule has 0 saturated carbocycles. The summed E-state index contributed by atoms with van der Waals surface area (Å²) in [5.41, 5.74) is 1.30. The van der Waals surface area contributed by atoms with Crippen molar-refractivity contribution >= 4 is 5.91 Å². The lowest BCUT2D eigenvalue weighted by molar-refractivity contribution is -0.130. The third-order valence-electron chi connectivity index (χ3n) is 3.04. The fourth-order valence-corrected chi connectivity index (χ4v) is 2.17. The highest BCUT2D eigenvalue weighted by molar-refractivity contribution is 5.73. The van der Waals surface area contributed by atoms with Crippen LogP contribution >= 0.6 is 0 Å². The van der Waals surface area contributed by atoms with Crippen molar-refractivity contribution in [3.63, 3.8) is 0 Å². The van der Waals surface area contributed by atoms with Crippen LogP contribution in [0.25, 0.3) is 0 Å². The Hall–Kier alpha value is -1.38. The van der Waals surface area contributed by atoms with E-state index in [0.29, 0.717) is 5.92 Å². The Bertz CT molecular complexity index is 337. The number of amides is 1. The van der Waals surface area contributed by atoms with Crippen LogP contribution in [0.2, 0.25) is 0 Å². The molecule has 1 aromatic heterocycles. The van der Waals surface area contributed by atoms with E-state index in [4.69, 9.17) is 0 Å². The summed E-state index contributed by atoms with van der Waals surface area (Å²) in [5, 5.41) is 0. The van der Waals surface area contributed by atoms with Crippen molar-refractivity contribution in [3.05, 3.63) is 30.1 Å². The molecule has 0 bridgehead atoms. The smallest absolute Gasteiger partial charge is 0.219 e. The van der Waals surface area contributed by atoms with Crippen molar-refractivity contribution in [1.82, 2.24) is 9.88 Å². The summed E-state index contributed by atoms with van der Waals surface area (Å²) < 4.78 is 0. The van der Waals surface area contributed by atoms with Gasteiger partial charge in [0, 0.05) is 38.3 Å². The summed E-state index contributed by atoms with van der Waals surface area (Å²) in [4.78, 5) is 17.2. The summed E-state index contributed by atoms with van der Waals surface area (Å²) in [6.45, 7) is 3.42. The van der Waals surface area contributed by atoms with Gasteiger partial charge < -0.3 is 4.90 Å². The lowest BCUT2D eigenvalue weighted by atomic mass is 9.91. The molecular weight excluding hydrogens is 188 g/mol. The van der Waals surface area contributed by atoms with Crippen molar-refractivity contribution in [2.45, 2.75) is 25.7 Å². The zero-order chi connectivity index (χ0) is 10.7. The summed E-state index contributed by atoms with van der Waals surface area (Å²) in [7, 11) is 0. The van der Waals surface area contributed by atoms with Crippen molar-refractivity contribution < 1.29 is 4.79 Å². The molecule has 1 amide bonds. The van der Waals surface area contributed by atoms with Gasteiger partial charge in [0.05, 0.1) is 0 Å². The van der Waals surface area contributed by atoms with E-state index < -0.39 is 0 Å². The van der Waals surface area contributed by atoms with Gasteiger partial charge in [-0.15, -0.1) is 0 Å². The van der Waals surface area contributed by atoms with E-state index in [2.05, 4.69) is 4.98 Å². The second kappa shape index (κ2) is 4.43. The van der Waals surface area contributed by atoms with Gasteiger partial charge in [-0.05, 0) is 30.5 Å². The number of hydrogen-bond acceptors (Lipinski definition) is 2. The molecule has 0 spiro atoms. The van der Waals surface area contributed by atoms with Crippen LogP contribution in [-0.2, 0) is 4.79 Å². The summed E-state index contributed by atoms with van der Waals surface area (Å²) in [5.74, 6) is 0.680. The SMILES string of the molecule is CC(=O)N1CCCC(c2ccncc2)C1. The number of hydrogen-bond donors (Lipinski definition) is 0. The van der Waals surface area contributed by atoms with Gasteiger partial charge in [-0.2, -0.15) is 0 Å². The van der Waals surface area contributed by atoms with Gasteiger partial charge in [0.25, 0.3) is 0 Å². The van der Waals surface area contributed by atoms with Crippen LogP contribution in [-0.4, -0.2) is 28.9 Å². The minimum Gasteiger partial charge on any atom is -0.342 e. The minimum absolute atomic E-state index is 0.189. The highest BCUT2D eigenvalue weighted by Gasteiger charge is 2.22. The molecule has 1 aliphatic rings. The van der Waals surface area contributed by atoms with Gasteiger partial charge in [0.2, 0.25) is 5.91 Å². The molecule has 1 fully saturated rings. The Labute approximate surface area is 90.1 Å². The molecule has 1 atom stereocenters. The number of piperidine rings is 1. The molecule has 0 radical (unpaired) electrons. The zero-order valence-electron chi connectivity index (χ0n) is 9.02. The van der Waals surface area contributed by atoms with Crippen LogP contribution in [0.4, 0.5) is 0 Å². The van der Waals surface area contributed by atoms with Crippen LogP contribution < -0.4 is 0 Å². The molecular formula is C12H16N2O. The topological polar surface area (TPSA) is 33.2 Å². The first-order chi connectivity index (χ1) is 7.27. The first-order valence-electron chi connectivity index (χ1n) is 5.43. The van der Waals surface area contributed by atoms with E-state index in [1.807, 2.05) is 29.4 Å². The molecule has 3 nitrogen and oxygen atoms in total. The molecule has 1 unspecified atom stereocenters. The first-order valence-corrected chi connectivity index (χ1v) is 5.43. The number of likely N-dealkylation sites (tertiary alicyclic amines) is 1. The Morgan fingerprint density at radius 1 is 1.47 bits per heavy atom. The van der Waals surface area contributed by atoms with Crippen molar-refractivity contribution in [1.29, 1.82) is 0 Å². The lowest BCUT2D eigenvalue weighted by Crippen LogP contribution is -2.37. The fourth-order valence-electron chi connectivity index (χ4n) is 2.17. The normalized spacial score (nSPS) is 21.4. The summed E-state index contributed by atoms with van der Waals surface area (Å²) >= 11 is 0. The van der Waals surface area contributed by atoms with E-state index in [0.717, 1.165) is 19.5 Å². The Balaban J connectivity index is 2.08. The number of rotatable bonds is 1. The summed E-state index contributed by atoms with van der Waals surface area (Å²) in [6, 6.07) is 4.10. The largest absolute Gasteiger partial charge is 0.342 e. The molecule has 80 valence electrons. The van der Waals surface area contributed by atoms with E-state index in [1.54, 1.807) is 6.92 Å². The molecule has 1 aliphatic heterocycles. The highest BCUT2D eigenvalue weighted by atomic mass is 16.2. The molecule has 0 aliphatic carbocycles. The number of carbonyl (C=O) groups is 1. The molecule has 2 heterocycles. The predicted octanol–water partition coefficient (Wildman–Crippen LogP) is 1.81. The highest BCUT2D eigenvalue weighted by Crippen LogP contribution is 2.26. The standard InChI is InChI=1S/C12H16N2O/c1-10(15)14-8-2-3-12(9-14)11-4-6-13-7-5-11/h4-7,12H,2-3,8-9H2,1H3. The second-order valence-corrected chi connectivity index (χ2v) is 4.08. The Kier molecular flexibility index (Phi) is 2.99. The van der Waals surface area contributed by atoms with Crippen LogP contribution in [0, 0.1) is 0 Å². The van der Waals surface area contributed by atoms with E-state index in [-0.39, 0.29) is 5.91 Å². The van der Waals surface area contributed by atoms with Crippen LogP contribution in [0.1, 0.15) is 31.2 Å². The minimum atomic E-state index is 0.189. The number of pyridine rings is 1. The van der Waals surface area contributed by atoms with Crippen LogP contribution in [0.3, 0.4) is 0 Å². The van der Waals surface area contributed by atoms with Gasteiger partial charge >= 0.3 is 0 Å². The number of aromatic nitrogens is 1. The first kappa shape index (κ1) is 10.1. The van der Waals surface area contributed by atoms with Crippen LogP contribution in [0.5, 0.6) is 0 Å². The fraction of sp³-hybridized carbons (Fsp3) is 0.500. The zero-order valence-corrected chi connectivity index (χ0v) is 9.02. The quantitative estimate of drug-likeness (QED) is 0.699. The van der Waals surface area contributed by atoms with Crippen molar-refractivity contribution in [2.75, 3.05) is 13.1 Å². The Morgan fingerprint density at radius 3 is 2.87 bits per heavy atom. The van der Waals surface area contributed by atoms with Crippen molar-refractivity contribution in [3.8, 4) is 0 Å². The molecule has 1 saturated heterocycles. The number of carbonyl (C=O) groups excluding carboxylic acids is 1. The maximum Gasteiger partial charge on any atom is 0.219 e. The third-order valence-corrected chi connectivity index (χ3v) is 3.04. The molecule has 0 N–H and O–H groups in total. The molecule has 0 aromatic carbocycles. The van der Waals surface area contributed by atoms with Gasteiger partial charge in [-0.25, -0.2) is 0 Å². The van der Waals surface area contributed by atoms with E-state index in [9.17, 15) is 4.79 Å². The van der Waals surface area contributed by atoms with Crippen LogP contribution in [0.15, 0.2) is 24.5 Å². The summed E-state index contributed by atoms with van der Waals surface area (Å²) in [6.07, 6.45) is 5.92. The lowest BCUT2D eigenvalue weighted by Gasteiger charge is -2.32. The molecule has 1 aromatic rings. The van der Waals surface area contributed by atoms with E-state index >= 15 is 0 Å². The monoisotopic (exact) mass is 204 g/mol. The maximum absolute atomic E-state index is 11.3.